The van der Waals surface area contributed by atoms with E-state index in [1.807, 2.05) is 12.4 Å². The standard InChI is InChI=1S/C19H34N6O/c1-5-21-19(23-13-17-22-8-11-25(17)14-15(2)3)24-9-6-16(7-10-24)12-18(26)20-4/h8,11,15-16H,5-7,9-10,12-14H2,1-4H3,(H,20,26)(H,21,23). The predicted octanol–water partition coefficient (Wildman–Crippen LogP) is 1.85. The van der Waals surface area contributed by atoms with Gasteiger partial charge in [-0.1, -0.05) is 13.8 Å². The number of guanidine groups is 1. The molecule has 1 aliphatic rings. The summed E-state index contributed by atoms with van der Waals surface area (Å²) in [6.45, 7) is 10.8. The molecule has 1 amide bonds. The van der Waals surface area contributed by atoms with Crippen molar-refractivity contribution in [1.29, 1.82) is 0 Å². The van der Waals surface area contributed by atoms with E-state index in [0.29, 0.717) is 24.8 Å². The fourth-order valence-electron chi connectivity index (χ4n) is 3.34. The van der Waals surface area contributed by atoms with Crippen LogP contribution in [0.3, 0.4) is 0 Å². The second kappa shape index (κ2) is 10.2. The molecule has 146 valence electrons. The van der Waals surface area contributed by atoms with Crippen LogP contribution in [0.2, 0.25) is 0 Å². The van der Waals surface area contributed by atoms with Gasteiger partial charge >= 0.3 is 0 Å². The van der Waals surface area contributed by atoms with Gasteiger partial charge in [-0.05, 0) is 31.6 Å². The zero-order valence-electron chi connectivity index (χ0n) is 16.7. The monoisotopic (exact) mass is 362 g/mol. The fourth-order valence-corrected chi connectivity index (χ4v) is 3.34. The summed E-state index contributed by atoms with van der Waals surface area (Å²) >= 11 is 0. The number of rotatable bonds is 7. The van der Waals surface area contributed by atoms with Gasteiger partial charge in [-0.25, -0.2) is 9.98 Å². The quantitative estimate of drug-likeness (QED) is 0.573. The number of likely N-dealkylation sites (tertiary alicyclic amines) is 1. The number of carbonyl (C=O) groups is 1. The van der Waals surface area contributed by atoms with E-state index in [9.17, 15) is 4.79 Å². The molecule has 1 aromatic heterocycles. The van der Waals surface area contributed by atoms with Gasteiger partial charge in [-0.15, -0.1) is 0 Å². The minimum atomic E-state index is 0.140. The number of piperidine rings is 1. The molecule has 1 saturated heterocycles. The second-order valence-electron chi connectivity index (χ2n) is 7.37. The number of hydrogen-bond acceptors (Lipinski definition) is 3. The average Bonchev–Trinajstić information content (AvgIpc) is 3.05. The summed E-state index contributed by atoms with van der Waals surface area (Å²) in [6.07, 6.45) is 6.57. The molecule has 1 aliphatic heterocycles. The van der Waals surface area contributed by atoms with Gasteiger partial charge in [-0.3, -0.25) is 4.79 Å². The van der Waals surface area contributed by atoms with E-state index in [1.54, 1.807) is 7.05 Å². The topological polar surface area (TPSA) is 74.5 Å². The van der Waals surface area contributed by atoms with Crippen LogP contribution >= 0.6 is 0 Å². The van der Waals surface area contributed by atoms with Crippen LogP contribution in [0.5, 0.6) is 0 Å². The molecule has 0 aliphatic carbocycles. The highest BCUT2D eigenvalue weighted by atomic mass is 16.1. The van der Waals surface area contributed by atoms with Crippen molar-refractivity contribution in [3.8, 4) is 0 Å². The molecule has 0 bridgehead atoms. The molecule has 0 saturated carbocycles. The number of carbonyl (C=O) groups excluding carboxylic acids is 1. The summed E-state index contributed by atoms with van der Waals surface area (Å²) in [4.78, 5) is 23.2. The van der Waals surface area contributed by atoms with Crippen molar-refractivity contribution in [3.63, 3.8) is 0 Å². The Morgan fingerprint density at radius 2 is 2.12 bits per heavy atom. The number of aromatic nitrogens is 2. The number of aliphatic imine (C=N–C) groups is 1. The lowest BCUT2D eigenvalue weighted by Crippen LogP contribution is -2.46. The molecule has 1 fully saturated rings. The molecule has 26 heavy (non-hydrogen) atoms. The lowest BCUT2D eigenvalue weighted by molar-refractivity contribution is -0.121. The Morgan fingerprint density at radius 3 is 2.73 bits per heavy atom. The maximum atomic E-state index is 11.6. The van der Waals surface area contributed by atoms with Crippen LogP contribution in [-0.2, 0) is 17.9 Å². The highest BCUT2D eigenvalue weighted by Crippen LogP contribution is 2.20. The minimum Gasteiger partial charge on any atom is -0.359 e. The highest BCUT2D eigenvalue weighted by molar-refractivity contribution is 5.80. The van der Waals surface area contributed by atoms with Gasteiger partial charge in [0.25, 0.3) is 0 Å². The summed E-state index contributed by atoms with van der Waals surface area (Å²) in [5.74, 6) is 3.15. The van der Waals surface area contributed by atoms with E-state index in [1.165, 1.54) is 0 Å². The minimum absolute atomic E-state index is 0.140. The molecule has 2 heterocycles. The number of hydrogen-bond donors (Lipinski definition) is 2. The Bertz CT molecular complexity index is 587. The molecule has 0 radical (unpaired) electrons. The summed E-state index contributed by atoms with van der Waals surface area (Å²) in [5.41, 5.74) is 0. The number of nitrogens with zero attached hydrogens (tertiary/aromatic N) is 4. The summed E-state index contributed by atoms with van der Waals surface area (Å²) in [6, 6.07) is 0. The molecule has 2 rings (SSSR count). The summed E-state index contributed by atoms with van der Waals surface area (Å²) in [7, 11) is 1.70. The largest absolute Gasteiger partial charge is 0.359 e. The summed E-state index contributed by atoms with van der Waals surface area (Å²) < 4.78 is 2.19. The van der Waals surface area contributed by atoms with Crippen molar-refractivity contribution in [2.75, 3.05) is 26.7 Å². The molecule has 0 aromatic carbocycles. The first kappa shape index (κ1) is 20.3. The van der Waals surface area contributed by atoms with Crippen molar-refractivity contribution in [2.24, 2.45) is 16.8 Å². The highest BCUT2D eigenvalue weighted by Gasteiger charge is 2.23. The van der Waals surface area contributed by atoms with Crippen LogP contribution in [0.15, 0.2) is 17.4 Å². The Hall–Kier alpha value is -2.05. The van der Waals surface area contributed by atoms with Gasteiger partial charge in [0.1, 0.15) is 12.4 Å². The smallest absolute Gasteiger partial charge is 0.220 e. The summed E-state index contributed by atoms with van der Waals surface area (Å²) in [5, 5.41) is 6.12. The molecule has 1 aromatic rings. The van der Waals surface area contributed by atoms with Gasteiger partial charge < -0.3 is 20.1 Å². The van der Waals surface area contributed by atoms with Gasteiger partial charge in [-0.2, -0.15) is 0 Å². The Morgan fingerprint density at radius 1 is 1.38 bits per heavy atom. The zero-order valence-corrected chi connectivity index (χ0v) is 16.7. The zero-order chi connectivity index (χ0) is 18.9. The maximum Gasteiger partial charge on any atom is 0.220 e. The third kappa shape index (κ3) is 6.04. The van der Waals surface area contributed by atoms with Gasteiger partial charge in [0.2, 0.25) is 5.91 Å². The lowest BCUT2D eigenvalue weighted by Gasteiger charge is -2.34. The first-order valence-corrected chi connectivity index (χ1v) is 9.77. The number of imidazole rings is 1. The van der Waals surface area contributed by atoms with Gasteiger partial charge in [0.05, 0.1) is 0 Å². The molecular formula is C19H34N6O. The van der Waals surface area contributed by atoms with Gasteiger partial charge in [0, 0.05) is 52.0 Å². The van der Waals surface area contributed by atoms with Gasteiger partial charge in [0.15, 0.2) is 5.96 Å². The van der Waals surface area contributed by atoms with E-state index in [2.05, 4.69) is 45.9 Å². The van der Waals surface area contributed by atoms with Crippen molar-refractivity contribution in [1.82, 2.24) is 25.1 Å². The molecule has 0 atom stereocenters. The Labute approximate surface area is 157 Å². The molecule has 7 heteroatoms. The van der Waals surface area contributed by atoms with Crippen LogP contribution in [-0.4, -0.2) is 53.0 Å². The third-order valence-corrected chi connectivity index (χ3v) is 4.74. The number of amides is 1. The third-order valence-electron chi connectivity index (χ3n) is 4.74. The normalized spacial score (nSPS) is 16.2. The predicted molar refractivity (Wildman–Crippen MR) is 105 cm³/mol. The number of nitrogens with one attached hydrogen (secondary N) is 2. The van der Waals surface area contributed by atoms with Crippen molar-refractivity contribution < 1.29 is 4.79 Å². The van der Waals surface area contributed by atoms with Crippen LogP contribution < -0.4 is 10.6 Å². The SMILES string of the molecule is CCNC(=NCc1nccn1CC(C)C)N1CCC(CC(=O)NC)CC1. The van der Waals surface area contributed by atoms with Crippen molar-refractivity contribution in [3.05, 3.63) is 18.2 Å². The second-order valence-corrected chi connectivity index (χ2v) is 7.37. The van der Waals surface area contributed by atoms with E-state index < -0.39 is 0 Å². The first-order chi connectivity index (χ1) is 12.5. The lowest BCUT2D eigenvalue weighted by atomic mass is 9.93. The van der Waals surface area contributed by atoms with Crippen LogP contribution in [0.25, 0.3) is 0 Å². The van der Waals surface area contributed by atoms with E-state index in [-0.39, 0.29) is 5.91 Å². The van der Waals surface area contributed by atoms with E-state index >= 15 is 0 Å². The Balaban J connectivity index is 1.95. The van der Waals surface area contributed by atoms with Crippen LogP contribution in [0.1, 0.15) is 45.9 Å². The average molecular weight is 363 g/mol. The molecule has 0 spiro atoms. The van der Waals surface area contributed by atoms with E-state index in [4.69, 9.17) is 4.99 Å². The maximum absolute atomic E-state index is 11.6. The molecular weight excluding hydrogens is 328 g/mol. The van der Waals surface area contributed by atoms with Crippen molar-refractivity contribution in [2.45, 2.75) is 53.1 Å². The molecule has 2 N–H and O–H groups in total. The Kier molecular flexibility index (Phi) is 7.94. The van der Waals surface area contributed by atoms with Crippen molar-refractivity contribution >= 4 is 11.9 Å². The first-order valence-electron chi connectivity index (χ1n) is 9.77. The van der Waals surface area contributed by atoms with Crippen LogP contribution in [0, 0.1) is 11.8 Å². The van der Waals surface area contributed by atoms with Crippen LogP contribution in [0.4, 0.5) is 0 Å². The van der Waals surface area contributed by atoms with E-state index in [0.717, 1.165) is 50.8 Å². The molecule has 0 unspecified atom stereocenters. The molecule has 7 nitrogen and oxygen atoms in total. The fraction of sp³-hybridized carbons (Fsp3) is 0.737.